The van der Waals surface area contributed by atoms with Crippen molar-refractivity contribution >= 4 is 14.3 Å². The van der Waals surface area contributed by atoms with Crippen molar-refractivity contribution in [3.8, 4) is 0 Å². The van der Waals surface area contributed by atoms with Gasteiger partial charge in [0.15, 0.2) is 8.32 Å². The van der Waals surface area contributed by atoms with Gasteiger partial charge in [-0.15, -0.1) is 0 Å². The molecule has 0 fully saturated rings. The summed E-state index contributed by atoms with van der Waals surface area (Å²) in [7, 11) is -1.85. The van der Waals surface area contributed by atoms with Crippen molar-refractivity contribution in [3.05, 3.63) is 35.9 Å². The van der Waals surface area contributed by atoms with Gasteiger partial charge in [-0.25, -0.2) is 4.79 Å². The molecule has 0 aliphatic carbocycles. The van der Waals surface area contributed by atoms with E-state index in [1.807, 2.05) is 32.0 Å². The van der Waals surface area contributed by atoms with E-state index in [9.17, 15) is 4.79 Å². The van der Waals surface area contributed by atoms with E-state index < -0.39 is 8.32 Å². The maximum absolute atomic E-state index is 12.1. The van der Waals surface area contributed by atoms with Crippen molar-refractivity contribution in [3.63, 3.8) is 0 Å². The van der Waals surface area contributed by atoms with Gasteiger partial charge in [-0.05, 0) is 44.1 Å². The highest BCUT2D eigenvalue weighted by molar-refractivity contribution is 6.74. The molecule has 1 rings (SSSR count). The minimum absolute atomic E-state index is 0.112. The molecule has 0 amide bonds. The Hall–Kier alpha value is -1.13. The number of hydrogen-bond acceptors (Lipinski definition) is 3. The molecule has 4 heteroatoms. The first-order valence-corrected chi connectivity index (χ1v) is 10.4. The van der Waals surface area contributed by atoms with E-state index in [1.165, 1.54) is 0 Å². The Morgan fingerprint density at radius 3 is 2.05 bits per heavy atom. The standard InChI is InChI=1S/C17H28O3Si/c1-13(14(2)20-21(6,7)17(3,4)5)19-16(18)15-11-9-8-10-12-15/h8-14H,1-7H3/t13-,14+/m0/s1. The van der Waals surface area contributed by atoms with Crippen LogP contribution in [0.3, 0.4) is 0 Å². The summed E-state index contributed by atoms with van der Waals surface area (Å²) in [5.74, 6) is -0.297. The fourth-order valence-electron chi connectivity index (χ4n) is 1.64. The minimum atomic E-state index is -1.85. The average molecular weight is 308 g/mol. The van der Waals surface area contributed by atoms with Crippen LogP contribution < -0.4 is 0 Å². The van der Waals surface area contributed by atoms with Crippen LogP contribution in [0.2, 0.25) is 18.1 Å². The highest BCUT2D eigenvalue weighted by atomic mass is 28.4. The van der Waals surface area contributed by atoms with Crippen LogP contribution in [-0.4, -0.2) is 26.5 Å². The SMILES string of the molecule is C[C@H](OC(=O)c1ccccc1)[C@@H](C)O[Si](C)(C)C(C)(C)C. The summed E-state index contributed by atoms with van der Waals surface area (Å²) in [6.45, 7) is 14.9. The number of benzene rings is 1. The zero-order valence-electron chi connectivity index (χ0n) is 14.3. The lowest BCUT2D eigenvalue weighted by Gasteiger charge is -2.39. The van der Waals surface area contributed by atoms with Crippen LogP contribution in [0.5, 0.6) is 0 Å². The molecule has 21 heavy (non-hydrogen) atoms. The molecule has 0 aromatic heterocycles. The first-order valence-electron chi connectivity index (χ1n) is 7.48. The summed E-state index contributed by atoms with van der Waals surface area (Å²) >= 11 is 0. The van der Waals surface area contributed by atoms with Crippen LogP contribution in [0.1, 0.15) is 45.0 Å². The molecule has 0 saturated heterocycles. The van der Waals surface area contributed by atoms with Gasteiger partial charge < -0.3 is 9.16 Å². The second kappa shape index (κ2) is 6.75. The molecule has 0 spiro atoms. The topological polar surface area (TPSA) is 35.5 Å². The molecule has 1 aromatic carbocycles. The van der Waals surface area contributed by atoms with Crippen LogP contribution in [0.25, 0.3) is 0 Å². The van der Waals surface area contributed by atoms with Crippen LogP contribution >= 0.6 is 0 Å². The van der Waals surface area contributed by atoms with Gasteiger partial charge in [0, 0.05) is 0 Å². The van der Waals surface area contributed by atoms with Crippen molar-refractivity contribution in [1.82, 2.24) is 0 Å². The number of hydrogen-bond donors (Lipinski definition) is 0. The molecule has 0 bridgehead atoms. The lowest BCUT2D eigenvalue weighted by atomic mass is 10.2. The summed E-state index contributed by atoms with van der Waals surface area (Å²) in [4.78, 5) is 12.1. The summed E-state index contributed by atoms with van der Waals surface area (Å²) in [6, 6.07) is 9.06. The molecule has 0 saturated carbocycles. The Morgan fingerprint density at radius 1 is 1.05 bits per heavy atom. The average Bonchev–Trinajstić information content (AvgIpc) is 2.37. The molecular formula is C17H28O3Si. The Labute approximate surface area is 129 Å². The fourth-order valence-corrected chi connectivity index (χ4v) is 3.12. The molecule has 3 nitrogen and oxygen atoms in total. The Kier molecular flexibility index (Phi) is 5.76. The molecular weight excluding hydrogens is 280 g/mol. The summed E-state index contributed by atoms with van der Waals surface area (Å²) in [5, 5.41) is 0.143. The lowest BCUT2D eigenvalue weighted by molar-refractivity contribution is -0.000947. The molecule has 118 valence electrons. The maximum Gasteiger partial charge on any atom is 0.338 e. The highest BCUT2D eigenvalue weighted by Crippen LogP contribution is 2.37. The van der Waals surface area contributed by atoms with E-state index in [2.05, 4.69) is 33.9 Å². The van der Waals surface area contributed by atoms with Crippen LogP contribution in [0, 0.1) is 0 Å². The molecule has 2 atom stereocenters. The quantitative estimate of drug-likeness (QED) is 0.587. The van der Waals surface area contributed by atoms with E-state index in [0.717, 1.165) is 0 Å². The monoisotopic (exact) mass is 308 g/mol. The van der Waals surface area contributed by atoms with Crippen molar-refractivity contribution in [2.45, 2.75) is 65.0 Å². The third-order valence-electron chi connectivity index (χ3n) is 4.25. The largest absolute Gasteiger partial charge is 0.456 e. The normalized spacial score (nSPS) is 15.4. The number of carbonyl (C=O) groups excluding carboxylic acids is 1. The van der Waals surface area contributed by atoms with E-state index in [0.29, 0.717) is 5.56 Å². The second-order valence-corrected chi connectivity index (χ2v) is 11.8. The lowest BCUT2D eigenvalue weighted by Crippen LogP contribution is -2.46. The van der Waals surface area contributed by atoms with E-state index >= 15 is 0 Å². The number of ether oxygens (including phenoxy) is 1. The maximum atomic E-state index is 12.1. The van der Waals surface area contributed by atoms with Crippen LogP contribution in [0.4, 0.5) is 0 Å². The molecule has 0 radical (unpaired) electrons. The number of rotatable bonds is 5. The van der Waals surface area contributed by atoms with Gasteiger partial charge >= 0.3 is 5.97 Å². The molecule has 0 aliphatic rings. The van der Waals surface area contributed by atoms with Gasteiger partial charge in [-0.2, -0.15) is 0 Å². The second-order valence-electron chi connectivity index (χ2n) is 7.06. The third kappa shape index (κ3) is 4.97. The van der Waals surface area contributed by atoms with Gasteiger partial charge in [0.1, 0.15) is 6.10 Å². The third-order valence-corrected chi connectivity index (χ3v) is 8.82. The van der Waals surface area contributed by atoms with Gasteiger partial charge in [0.05, 0.1) is 11.7 Å². The molecule has 0 heterocycles. The first-order chi connectivity index (χ1) is 9.54. The van der Waals surface area contributed by atoms with Gasteiger partial charge in [0.2, 0.25) is 0 Å². The predicted molar refractivity (Wildman–Crippen MR) is 89.1 cm³/mol. The minimum Gasteiger partial charge on any atom is -0.456 e. The van der Waals surface area contributed by atoms with E-state index in [1.54, 1.807) is 12.1 Å². The highest BCUT2D eigenvalue weighted by Gasteiger charge is 2.39. The Morgan fingerprint density at radius 2 is 1.57 bits per heavy atom. The van der Waals surface area contributed by atoms with Crippen LogP contribution in [-0.2, 0) is 9.16 Å². The van der Waals surface area contributed by atoms with E-state index in [4.69, 9.17) is 9.16 Å². The van der Waals surface area contributed by atoms with Crippen LogP contribution in [0.15, 0.2) is 30.3 Å². The number of esters is 1. The van der Waals surface area contributed by atoms with Crippen molar-refractivity contribution in [1.29, 1.82) is 0 Å². The van der Waals surface area contributed by atoms with Gasteiger partial charge in [-0.1, -0.05) is 39.0 Å². The Balaban J connectivity index is 2.63. The molecule has 1 aromatic rings. The molecule has 0 aliphatic heterocycles. The molecule has 0 unspecified atom stereocenters. The predicted octanol–water partition coefficient (Wildman–Crippen LogP) is 4.64. The fraction of sp³-hybridized carbons (Fsp3) is 0.588. The summed E-state index contributed by atoms with van der Waals surface area (Å²) in [6.07, 6.45) is -0.384. The zero-order valence-corrected chi connectivity index (χ0v) is 15.3. The number of carbonyl (C=O) groups is 1. The van der Waals surface area contributed by atoms with Crippen molar-refractivity contribution in [2.24, 2.45) is 0 Å². The first kappa shape index (κ1) is 17.9. The van der Waals surface area contributed by atoms with Crippen molar-refractivity contribution < 1.29 is 14.0 Å². The van der Waals surface area contributed by atoms with Gasteiger partial charge in [0.25, 0.3) is 0 Å². The van der Waals surface area contributed by atoms with Crippen molar-refractivity contribution in [2.75, 3.05) is 0 Å². The molecule has 0 N–H and O–H groups in total. The van der Waals surface area contributed by atoms with E-state index in [-0.39, 0.29) is 23.2 Å². The van der Waals surface area contributed by atoms with Gasteiger partial charge in [-0.3, -0.25) is 0 Å². The zero-order chi connectivity index (χ0) is 16.3. The summed E-state index contributed by atoms with van der Waals surface area (Å²) < 4.78 is 11.8. The smallest absolute Gasteiger partial charge is 0.338 e. The Bertz CT molecular complexity index is 463. The summed E-state index contributed by atoms with van der Waals surface area (Å²) in [5.41, 5.74) is 0.573.